The number of hydrogen-bond acceptors (Lipinski definition) is 7. The van der Waals surface area contributed by atoms with Gasteiger partial charge in [0, 0.05) is 60.6 Å². The number of fused-ring (bicyclic) bond motifs is 1. The summed E-state index contributed by atoms with van der Waals surface area (Å²) in [4.78, 5) is 16.2. The Labute approximate surface area is 198 Å². The second kappa shape index (κ2) is 9.09. The largest absolute Gasteiger partial charge is 0.493 e. The van der Waals surface area contributed by atoms with E-state index in [1.165, 1.54) is 10.6 Å². The lowest BCUT2D eigenvalue weighted by Gasteiger charge is -2.38. The minimum Gasteiger partial charge on any atom is -0.493 e. The maximum atomic E-state index is 12.9. The van der Waals surface area contributed by atoms with Gasteiger partial charge in [-0.3, -0.25) is 9.69 Å². The molecule has 8 nitrogen and oxygen atoms in total. The van der Waals surface area contributed by atoms with Crippen molar-refractivity contribution in [2.45, 2.75) is 19.5 Å². The monoisotopic (exact) mass is 491 g/mol. The number of methoxy groups -OCH3 is 2. The van der Waals surface area contributed by atoms with E-state index in [-0.39, 0.29) is 11.6 Å². The molecule has 2 aromatic heterocycles. The number of piperazine rings is 1. The zero-order valence-corrected chi connectivity index (χ0v) is 21.1. The van der Waals surface area contributed by atoms with E-state index in [1.54, 1.807) is 37.2 Å². The van der Waals surface area contributed by atoms with Crippen LogP contribution in [0.2, 0.25) is 0 Å². The van der Waals surface area contributed by atoms with Gasteiger partial charge in [0.15, 0.2) is 11.5 Å². The molecule has 1 aliphatic heterocycles. The lowest BCUT2D eigenvalue weighted by molar-refractivity contribution is 0.123. The maximum absolute atomic E-state index is 12.9. The lowest BCUT2D eigenvalue weighted by Crippen LogP contribution is -2.52. The number of sulfonamides is 1. The van der Waals surface area contributed by atoms with E-state index in [0.717, 1.165) is 20.7 Å². The smallest absolute Gasteiger partial charge is 0.259 e. The van der Waals surface area contributed by atoms with Crippen LogP contribution in [-0.2, 0) is 23.6 Å². The topological polar surface area (TPSA) is 81.1 Å². The van der Waals surface area contributed by atoms with Crippen molar-refractivity contribution < 1.29 is 17.9 Å². The number of aromatic nitrogens is 1. The first-order valence-electron chi connectivity index (χ1n) is 10.7. The molecule has 0 spiro atoms. The van der Waals surface area contributed by atoms with Gasteiger partial charge in [-0.2, -0.15) is 4.31 Å². The third kappa shape index (κ3) is 4.65. The number of hydrogen-bond donors (Lipinski definition) is 0. The Morgan fingerprint density at radius 3 is 2.48 bits per heavy atom. The fourth-order valence-corrected chi connectivity index (χ4v) is 6.39. The van der Waals surface area contributed by atoms with Crippen LogP contribution in [0.3, 0.4) is 0 Å². The SMILES string of the molecule is COc1ccc(-c2cn(C)c(=O)c3cc(CN4CCN(S(C)(=O)=O)C[C@@H]4C)sc23)cc1OC. The molecule has 0 amide bonds. The summed E-state index contributed by atoms with van der Waals surface area (Å²) in [5.74, 6) is 1.28. The van der Waals surface area contributed by atoms with Crippen molar-refractivity contribution in [3.05, 3.63) is 45.7 Å². The first kappa shape index (κ1) is 23.7. The van der Waals surface area contributed by atoms with Gasteiger partial charge < -0.3 is 14.0 Å². The molecule has 3 aromatic rings. The molecule has 33 heavy (non-hydrogen) atoms. The van der Waals surface area contributed by atoms with Crippen LogP contribution in [0.15, 0.2) is 35.3 Å². The highest BCUT2D eigenvalue weighted by Gasteiger charge is 2.29. The van der Waals surface area contributed by atoms with Crippen LogP contribution in [0.5, 0.6) is 11.5 Å². The third-order valence-electron chi connectivity index (χ3n) is 6.15. The molecule has 0 saturated carbocycles. The Kier molecular flexibility index (Phi) is 6.54. The molecular weight excluding hydrogens is 462 g/mol. The van der Waals surface area contributed by atoms with Gasteiger partial charge in [-0.15, -0.1) is 11.3 Å². The average Bonchev–Trinajstić information content (AvgIpc) is 3.20. The summed E-state index contributed by atoms with van der Waals surface area (Å²) in [5, 5.41) is 0.687. The normalized spacial score (nSPS) is 18.0. The molecule has 1 atom stereocenters. The molecule has 0 N–H and O–H groups in total. The first-order valence-corrected chi connectivity index (χ1v) is 13.3. The molecule has 0 unspecified atom stereocenters. The van der Waals surface area contributed by atoms with Gasteiger partial charge >= 0.3 is 0 Å². The average molecular weight is 492 g/mol. The van der Waals surface area contributed by atoms with Gasteiger partial charge in [-0.25, -0.2) is 8.42 Å². The van der Waals surface area contributed by atoms with Crippen molar-refractivity contribution in [1.29, 1.82) is 0 Å². The number of nitrogens with zero attached hydrogens (tertiary/aromatic N) is 3. The summed E-state index contributed by atoms with van der Waals surface area (Å²) in [6.45, 7) is 4.32. The number of aryl methyl sites for hydroxylation is 1. The minimum absolute atomic E-state index is 0.0355. The molecular formula is C23H29N3O5S2. The molecule has 10 heteroatoms. The predicted molar refractivity (Wildman–Crippen MR) is 132 cm³/mol. The minimum atomic E-state index is -3.19. The molecule has 0 aliphatic carbocycles. The first-order chi connectivity index (χ1) is 15.6. The summed E-state index contributed by atoms with van der Waals surface area (Å²) < 4.78 is 38.7. The molecule has 4 rings (SSSR count). The Morgan fingerprint density at radius 1 is 1.12 bits per heavy atom. The third-order valence-corrected chi connectivity index (χ3v) is 8.57. The molecule has 1 aliphatic rings. The van der Waals surface area contributed by atoms with Crippen LogP contribution in [-0.4, -0.2) is 68.3 Å². The van der Waals surface area contributed by atoms with Crippen LogP contribution in [0.1, 0.15) is 11.8 Å². The van der Waals surface area contributed by atoms with Gasteiger partial charge in [0.1, 0.15) is 0 Å². The maximum Gasteiger partial charge on any atom is 0.259 e. The van der Waals surface area contributed by atoms with E-state index < -0.39 is 10.0 Å². The highest BCUT2D eigenvalue weighted by atomic mass is 32.2. The van der Waals surface area contributed by atoms with E-state index >= 15 is 0 Å². The number of benzene rings is 1. The van der Waals surface area contributed by atoms with Crippen molar-refractivity contribution in [1.82, 2.24) is 13.8 Å². The second-order valence-corrected chi connectivity index (χ2v) is 11.5. The van der Waals surface area contributed by atoms with Crippen molar-refractivity contribution in [3.8, 4) is 22.6 Å². The quantitative estimate of drug-likeness (QED) is 0.528. The Balaban J connectivity index is 1.70. The summed E-state index contributed by atoms with van der Waals surface area (Å²) in [7, 11) is 1.78. The molecule has 0 radical (unpaired) electrons. The number of pyridine rings is 1. The molecule has 1 saturated heterocycles. The number of thiophene rings is 1. The number of ether oxygens (including phenoxy) is 2. The predicted octanol–water partition coefficient (Wildman–Crippen LogP) is 2.75. The standard InChI is InChI=1S/C23H29N3O5S2/c1-15-12-26(33(5,28)29)9-8-25(15)13-17-11-18-22(32-17)19(14-24(2)23(18)27)16-6-7-20(30-3)21(10-16)31-4/h6-7,10-11,14-15H,8-9,12-13H2,1-5H3/t15-/m0/s1. The summed E-state index contributed by atoms with van der Waals surface area (Å²) in [5.41, 5.74) is 1.86. The van der Waals surface area contributed by atoms with Crippen molar-refractivity contribution in [2.75, 3.05) is 40.1 Å². The zero-order chi connectivity index (χ0) is 23.9. The van der Waals surface area contributed by atoms with Crippen LogP contribution in [0, 0.1) is 0 Å². The molecule has 1 fully saturated rings. The zero-order valence-electron chi connectivity index (χ0n) is 19.5. The fraction of sp³-hybridized carbons (Fsp3) is 0.435. The highest BCUT2D eigenvalue weighted by molar-refractivity contribution is 7.88. The van der Waals surface area contributed by atoms with Gasteiger partial charge in [-0.1, -0.05) is 6.07 Å². The van der Waals surface area contributed by atoms with Gasteiger partial charge in [0.2, 0.25) is 10.0 Å². The van der Waals surface area contributed by atoms with E-state index in [0.29, 0.717) is 43.1 Å². The van der Waals surface area contributed by atoms with Crippen LogP contribution in [0.25, 0.3) is 21.2 Å². The van der Waals surface area contributed by atoms with Crippen LogP contribution in [0.4, 0.5) is 0 Å². The van der Waals surface area contributed by atoms with E-state index in [2.05, 4.69) is 4.90 Å². The van der Waals surface area contributed by atoms with Gasteiger partial charge in [-0.05, 0) is 30.7 Å². The van der Waals surface area contributed by atoms with Gasteiger partial charge in [0.25, 0.3) is 5.56 Å². The molecule has 1 aromatic carbocycles. The Bertz CT molecular complexity index is 1350. The van der Waals surface area contributed by atoms with E-state index in [1.807, 2.05) is 37.4 Å². The lowest BCUT2D eigenvalue weighted by atomic mass is 10.1. The van der Waals surface area contributed by atoms with E-state index in [4.69, 9.17) is 9.47 Å². The van der Waals surface area contributed by atoms with Crippen LogP contribution >= 0.6 is 11.3 Å². The summed E-state index contributed by atoms with van der Waals surface area (Å²) in [6, 6.07) is 7.81. The molecule has 3 heterocycles. The van der Waals surface area contributed by atoms with Crippen molar-refractivity contribution >= 4 is 31.4 Å². The number of rotatable bonds is 6. The second-order valence-electron chi connectivity index (χ2n) is 8.42. The summed E-state index contributed by atoms with van der Waals surface area (Å²) >= 11 is 1.61. The highest BCUT2D eigenvalue weighted by Crippen LogP contribution is 2.38. The summed E-state index contributed by atoms with van der Waals surface area (Å²) in [6.07, 6.45) is 3.12. The Morgan fingerprint density at radius 2 is 1.85 bits per heavy atom. The van der Waals surface area contributed by atoms with Crippen molar-refractivity contribution in [3.63, 3.8) is 0 Å². The van der Waals surface area contributed by atoms with Gasteiger partial charge in [0.05, 0.1) is 25.9 Å². The Hall–Kier alpha value is -2.40. The fourth-order valence-electron chi connectivity index (χ4n) is 4.29. The van der Waals surface area contributed by atoms with Crippen molar-refractivity contribution in [2.24, 2.45) is 7.05 Å². The molecule has 178 valence electrons. The van der Waals surface area contributed by atoms with E-state index in [9.17, 15) is 13.2 Å². The van der Waals surface area contributed by atoms with Crippen LogP contribution < -0.4 is 15.0 Å². The molecule has 0 bridgehead atoms.